The van der Waals surface area contributed by atoms with Crippen molar-refractivity contribution in [3.8, 4) is 0 Å². The molecule has 0 aromatic heterocycles. The van der Waals surface area contributed by atoms with Gasteiger partial charge in [0, 0.05) is 16.7 Å². The molecule has 0 heterocycles. The second-order valence-corrected chi connectivity index (χ2v) is 5.46. The summed E-state index contributed by atoms with van der Waals surface area (Å²) >= 11 is 0. The van der Waals surface area contributed by atoms with Crippen molar-refractivity contribution in [1.82, 2.24) is 0 Å². The molecule has 0 aliphatic heterocycles. The number of rotatable bonds is 11. The SMILES string of the molecule is C=C(CC(=O)O)C(=O)O.C=C(CC(=O)O)C(=O)O.C=C(CC(=O)O)C(=O)O.OCC(O)CO. The Labute approximate surface area is 186 Å². The van der Waals surface area contributed by atoms with E-state index >= 15 is 0 Å². The first-order valence-electron chi connectivity index (χ1n) is 8.21. The third-order valence-electron chi connectivity index (χ3n) is 2.42. The fraction of sp³-hybridized carbons (Fsp3) is 0.333. The Morgan fingerprint density at radius 3 is 0.727 bits per heavy atom. The van der Waals surface area contributed by atoms with Gasteiger partial charge in [-0.15, -0.1) is 0 Å². The minimum Gasteiger partial charge on any atom is -0.481 e. The standard InChI is InChI=1S/3C5H6O4.C3H8O3/c3*1-3(5(8)9)2-4(6)7;4-1-3(6)2-5/h3*1-2H2,(H,6,7)(H,8,9);3-6H,1-2H2. The average molecular weight is 482 g/mol. The van der Waals surface area contributed by atoms with Crippen LogP contribution in [0.3, 0.4) is 0 Å². The van der Waals surface area contributed by atoms with E-state index in [0.717, 1.165) is 0 Å². The van der Waals surface area contributed by atoms with E-state index in [0.29, 0.717) is 0 Å². The minimum atomic E-state index is -1.27. The molecule has 0 saturated heterocycles. The van der Waals surface area contributed by atoms with Gasteiger partial charge in [0.15, 0.2) is 0 Å². The van der Waals surface area contributed by atoms with Gasteiger partial charge in [0.2, 0.25) is 0 Å². The predicted molar refractivity (Wildman–Crippen MR) is 107 cm³/mol. The van der Waals surface area contributed by atoms with E-state index in [1.165, 1.54) is 0 Å². The number of hydrogen-bond donors (Lipinski definition) is 9. The van der Waals surface area contributed by atoms with Gasteiger partial charge in [0.25, 0.3) is 0 Å². The third kappa shape index (κ3) is 32.8. The van der Waals surface area contributed by atoms with Gasteiger partial charge in [-0.3, -0.25) is 14.4 Å². The Balaban J connectivity index is -0.000000172. The molecule has 188 valence electrons. The summed E-state index contributed by atoms with van der Waals surface area (Å²) < 4.78 is 0. The van der Waals surface area contributed by atoms with Crippen LogP contribution < -0.4 is 0 Å². The highest BCUT2D eigenvalue weighted by Crippen LogP contribution is 1.97. The second-order valence-electron chi connectivity index (χ2n) is 5.46. The maximum absolute atomic E-state index is 9.87. The monoisotopic (exact) mass is 482 g/mol. The molecule has 0 saturated carbocycles. The van der Waals surface area contributed by atoms with E-state index in [-0.39, 0.29) is 29.9 Å². The van der Waals surface area contributed by atoms with Gasteiger partial charge in [0.05, 0.1) is 32.5 Å². The van der Waals surface area contributed by atoms with Crippen molar-refractivity contribution in [3.63, 3.8) is 0 Å². The number of hydrogen-bond acceptors (Lipinski definition) is 9. The van der Waals surface area contributed by atoms with Crippen molar-refractivity contribution in [2.75, 3.05) is 13.2 Å². The molecule has 0 spiro atoms. The van der Waals surface area contributed by atoms with Crippen molar-refractivity contribution >= 4 is 35.8 Å². The highest BCUT2D eigenvalue weighted by atomic mass is 16.4. The van der Waals surface area contributed by atoms with Crippen molar-refractivity contribution in [2.24, 2.45) is 0 Å². The van der Waals surface area contributed by atoms with Crippen LogP contribution in [0.25, 0.3) is 0 Å². The van der Waals surface area contributed by atoms with Crippen LogP contribution in [0.4, 0.5) is 0 Å². The number of carbonyl (C=O) groups is 6. The van der Waals surface area contributed by atoms with E-state index in [2.05, 4.69) is 19.7 Å². The molecule has 0 unspecified atom stereocenters. The molecule has 0 aliphatic carbocycles. The summed E-state index contributed by atoms with van der Waals surface area (Å²) in [6.45, 7) is 8.31. The topological polar surface area (TPSA) is 284 Å². The van der Waals surface area contributed by atoms with Crippen LogP contribution in [-0.4, -0.2) is 101 Å². The van der Waals surface area contributed by atoms with Gasteiger partial charge in [0.1, 0.15) is 6.10 Å². The Morgan fingerprint density at radius 2 is 0.697 bits per heavy atom. The molecular formula is C18H26O15. The Morgan fingerprint density at radius 1 is 0.515 bits per heavy atom. The van der Waals surface area contributed by atoms with Crippen LogP contribution in [0.1, 0.15) is 19.3 Å². The summed E-state index contributed by atoms with van der Waals surface area (Å²) in [5.41, 5.74) is -0.910. The quantitative estimate of drug-likeness (QED) is 0.154. The first-order chi connectivity index (χ1) is 14.9. The van der Waals surface area contributed by atoms with Gasteiger partial charge < -0.3 is 46.0 Å². The number of aliphatic hydroxyl groups excluding tert-OH is 3. The minimum absolute atomic E-state index is 0.303. The van der Waals surface area contributed by atoms with Gasteiger partial charge >= 0.3 is 35.8 Å². The molecule has 0 amide bonds. The lowest BCUT2D eigenvalue weighted by atomic mass is 10.2. The van der Waals surface area contributed by atoms with Gasteiger partial charge in [-0.2, -0.15) is 0 Å². The van der Waals surface area contributed by atoms with Crippen molar-refractivity contribution in [2.45, 2.75) is 25.4 Å². The fourth-order valence-electron chi connectivity index (χ4n) is 0.832. The molecule has 33 heavy (non-hydrogen) atoms. The fourth-order valence-corrected chi connectivity index (χ4v) is 0.832. The second kappa shape index (κ2) is 21.2. The maximum atomic E-state index is 9.87. The molecule has 9 N–H and O–H groups in total. The molecule has 15 nitrogen and oxygen atoms in total. The van der Waals surface area contributed by atoms with E-state index in [1.54, 1.807) is 0 Å². The molecule has 0 aliphatic rings. The maximum Gasteiger partial charge on any atom is 0.331 e. The highest BCUT2D eigenvalue weighted by Gasteiger charge is 2.08. The van der Waals surface area contributed by atoms with E-state index < -0.39 is 61.2 Å². The molecule has 0 aromatic rings. The average Bonchev–Trinajstić information content (AvgIpc) is 2.67. The molecule has 15 heteroatoms. The summed E-state index contributed by atoms with van der Waals surface area (Å²) in [6, 6.07) is 0. The van der Waals surface area contributed by atoms with Gasteiger partial charge in [-0.05, 0) is 0 Å². The molecule has 0 atom stereocenters. The van der Waals surface area contributed by atoms with E-state index in [9.17, 15) is 28.8 Å². The number of aliphatic carboxylic acids is 6. The van der Waals surface area contributed by atoms with E-state index in [4.69, 9.17) is 46.0 Å². The lowest BCUT2D eigenvalue weighted by molar-refractivity contribution is -0.139. The normalized spacial score (nSPS) is 8.73. The summed E-state index contributed by atoms with van der Waals surface area (Å²) in [6.07, 6.45) is -2.47. The molecule has 0 rings (SSSR count). The Kier molecular flexibility index (Phi) is 23.3. The predicted octanol–water partition coefficient (Wildman–Crippen LogP) is -1.36. The van der Waals surface area contributed by atoms with Crippen molar-refractivity contribution in [1.29, 1.82) is 0 Å². The largest absolute Gasteiger partial charge is 0.481 e. The van der Waals surface area contributed by atoms with Crippen molar-refractivity contribution < 1.29 is 74.7 Å². The number of aliphatic hydroxyl groups is 3. The molecule has 0 radical (unpaired) electrons. The number of carboxylic acid groups (broad SMARTS) is 6. The summed E-state index contributed by atoms with van der Waals surface area (Å²) in [4.78, 5) is 59.0. The smallest absolute Gasteiger partial charge is 0.331 e. The zero-order valence-electron chi connectivity index (χ0n) is 17.2. The Hall–Kier alpha value is -4.08. The van der Waals surface area contributed by atoms with Crippen LogP contribution in [0.5, 0.6) is 0 Å². The van der Waals surface area contributed by atoms with Crippen LogP contribution in [0, 0.1) is 0 Å². The lowest BCUT2D eigenvalue weighted by Crippen LogP contribution is -2.15. The number of carboxylic acids is 6. The van der Waals surface area contributed by atoms with Gasteiger partial charge in [-0.25, -0.2) is 14.4 Å². The third-order valence-corrected chi connectivity index (χ3v) is 2.42. The molecule has 0 bridgehead atoms. The van der Waals surface area contributed by atoms with Crippen LogP contribution in [0.2, 0.25) is 0 Å². The molecular weight excluding hydrogens is 456 g/mol. The van der Waals surface area contributed by atoms with Crippen molar-refractivity contribution in [3.05, 3.63) is 36.5 Å². The van der Waals surface area contributed by atoms with E-state index in [1.807, 2.05) is 0 Å². The first kappa shape index (κ1) is 36.3. The lowest BCUT2D eigenvalue weighted by Gasteiger charge is -1.96. The summed E-state index contributed by atoms with van der Waals surface area (Å²) in [5.74, 6) is -7.33. The zero-order valence-corrected chi connectivity index (χ0v) is 17.2. The summed E-state index contributed by atoms with van der Waals surface area (Å²) in [7, 11) is 0. The molecule has 0 aromatic carbocycles. The van der Waals surface area contributed by atoms with Crippen LogP contribution >= 0.6 is 0 Å². The van der Waals surface area contributed by atoms with Crippen LogP contribution in [0.15, 0.2) is 36.5 Å². The van der Waals surface area contributed by atoms with Gasteiger partial charge in [-0.1, -0.05) is 19.7 Å². The highest BCUT2D eigenvalue weighted by molar-refractivity contribution is 5.92. The molecule has 0 fully saturated rings. The first-order valence-corrected chi connectivity index (χ1v) is 8.21. The summed E-state index contributed by atoms with van der Waals surface area (Å²) in [5, 5.41) is 72.2. The van der Waals surface area contributed by atoms with Crippen LogP contribution in [-0.2, 0) is 28.8 Å². The Bertz CT molecular complexity index is 641. The zero-order chi connectivity index (χ0) is 27.3.